The van der Waals surface area contributed by atoms with Crippen LogP contribution >= 0.6 is 0 Å². The highest BCUT2D eigenvalue weighted by Crippen LogP contribution is 2.25. The van der Waals surface area contributed by atoms with E-state index in [-0.39, 0.29) is 11.8 Å². The van der Waals surface area contributed by atoms with Gasteiger partial charge in [-0.1, -0.05) is 0 Å². The van der Waals surface area contributed by atoms with Crippen molar-refractivity contribution in [2.75, 3.05) is 32.5 Å². The largest absolute Gasteiger partial charge is 0.388 e. The van der Waals surface area contributed by atoms with E-state index >= 15 is 0 Å². The van der Waals surface area contributed by atoms with Crippen molar-refractivity contribution in [3.63, 3.8) is 0 Å². The van der Waals surface area contributed by atoms with Crippen LogP contribution in [0, 0.1) is 6.92 Å². The third-order valence-electron chi connectivity index (χ3n) is 4.19. The Balaban J connectivity index is 2.34. The van der Waals surface area contributed by atoms with Gasteiger partial charge in [0.2, 0.25) is 5.91 Å². The van der Waals surface area contributed by atoms with Gasteiger partial charge < -0.3 is 15.1 Å². The van der Waals surface area contributed by atoms with Crippen molar-refractivity contribution in [2.45, 2.75) is 26.3 Å². The first-order valence-corrected chi connectivity index (χ1v) is 7.15. The summed E-state index contributed by atoms with van der Waals surface area (Å²) >= 11 is 0. The Hall–Kier alpha value is -2.04. The van der Waals surface area contributed by atoms with Gasteiger partial charge >= 0.3 is 0 Å². The molecule has 0 atom stereocenters. The second-order valence-electron chi connectivity index (χ2n) is 6.02. The predicted octanol–water partition coefficient (Wildman–Crippen LogP) is 1.73. The van der Waals surface area contributed by atoms with E-state index in [1.165, 1.54) is 0 Å². The second-order valence-corrected chi connectivity index (χ2v) is 6.02. The zero-order valence-electron chi connectivity index (χ0n) is 13.4. The number of anilines is 1. The van der Waals surface area contributed by atoms with E-state index in [2.05, 4.69) is 5.32 Å². The van der Waals surface area contributed by atoms with Gasteiger partial charge in [-0.05, 0) is 44.5 Å². The van der Waals surface area contributed by atoms with Gasteiger partial charge in [0.25, 0.3) is 5.91 Å². The maximum Gasteiger partial charge on any atom is 0.255 e. The Bertz CT molecular complexity index is 581. The van der Waals surface area contributed by atoms with Crippen LogP contribution in [0.15, 0.2) is 18.2 Å². The molecule has 0 radical (unpaired) electrons. The molecule has 1 aromatic rings. The smallest absolute Gasteiger partial charge is 0.255 e. The van der Waals surface area contributed by atoms with Gasteiger partial charge in [-0.15, -0.1) is 0 Å². The van der Waals surface area contributed by atoms with Crippen molar-refractivity contribution >= 4 is 17.5 Å². The number of benzene rings is 1. The summed E-state index contributed by atoms with van der Waals surface area (Å²) < 4.78 is 0. The number of carbonyl (C=O) groups is 2. The van der Waals surface area contributed by atoms with Crippen LogP contribution in [0.1, 0.15) is 29.8 Å². The Labute approximate surface area is 125 Å². The van der Waals surface area contributed by atoms with Crippen LogP contribution in [0.3, 0.4) is 0 Å². The van der Waals surface area contributed by atoms with E-state index in [1.54, 1.807) is 30.7 Å². The molecule has 1 heterocycles. The fourth-order valence-electron chi connectivity index (χ4n) is 2.77. The maximum absolute atomic E-state index is 12.8. The lowest BCUT2D eigenvalue weighted by atomic mass is 9.95. The molecule has 21 heavy (non-hydrogen) atoms. The summed E-state index contributed by atoms with van der Waals surface area (Å²) in [5, 5.41) is 3.06. The summed E-state index contributed by atoms with van der Waals surface area (Å²) in [4.78, 5) is 28.5. The monoisotopic (exact) mass is 289 g/mol. The van der Waals surface area contributed by atoms with E-state index < -0.39 is 5.54 Å². The first-order chi connectivity index (χ1) is 9.78. The highest BCUT2D eigenvalue weighted by molar-refractivity contribution is 6.00. The molecule has 1 fully saturated rings. The molecule has 1 aliphatic heterocycles. The summed E-state index contributed by atoms with van der Waals surface area (Å²) in [6, 6.07) is 5.64. The van der Waals surface area contributed by atoms with Crippen LogP contribution in [0.5, 0.6) is 0 Å². The first kappa shape index (κ1) is 15.4. The second kappa shape index (κ2) is 5.39. The summed E-state index contributed by atoms with van der Waals surface area (Å²) in [5.74, 6) is -0.104. The number of amides is 2. The van der Waals surface area contributed by atoms with Gasteiger partial charge in [0, 0.05) is 38.4 Å². The molecule has 1 saturated heterocycles. The standard InChI is InChI=1S/C16H23N3O2/c1-11-10-12(17-4)6-7-13(11)14(20)19-9-8-18(5)15(21)16(19,2)3/h6-7,10,17H,8-9H2,1-5H3. The van der Waals surface area contributed by atoms with Crippen molar-refractivity contribution < 1.29 is 9.59 Å². The molecular formula is C16H23N3O2. The summed E-state index contributed by atoms with van der Waals surface area (Å²) in [6.07, 6.45) is 0. The number of nitrogens with zero attached hydrogens (tertiary/aromatic N) is 2. The van der Waals surface area contributed by atoms with E-state index in [1.807, 2.05) is 32.2 Å². The van der Waals surface area contributed by atoms with Crippen LogP contribution in [0.2, 0.25) is 0 Å². The summed E-state index contributed by atoms with van der Waals surface area (Å²) in [6.45, 7) is 6.66. The molecule has 114 valence electrons. The van der Waals surface area contributed by atoms with Gasteiger partial charge in [0.15, 0.2) is 0 Å². The molecule has 0 spiro atoms. The molecule has 0 aliphatic carbocycles. The lowest BCUT2D eigenvalue weighted by Gasteiger charge is -2.44. The molecule has 5 nitrogen and oxygen atoms in total. The van der Waals surface area contributed by atoms with Crippen molar-refractivity contribution in [2.24, 2.45) is 0 Å². The maximum atomic E-state index is 12.8. The fourth-order valence-corrected chi connectivity index (χ4v) is 2.77. The topological polar surface area (TPSA) is 52.7 Å². The lowest BCUT2D eigenvalue weighted by molar-refractivity contribution is -0.144. The number of likely N-dealkylation sites (N-methyl/N-ethyl adjacent to an activating group) is 1. The average Bonchev–Trinajstić information content (AvgIpc) is 2.44. The van der Waals surface area contributed by atoms with Crippen LogP contribution in [0.4, 0.5) is 5.69 Å². The van der Waals surface area contributed by atoms with Crippen LogP contribution < -0.4 is 5.32 Å². The highest BCUT2D eigenvalue weighted by Gasteiger charge is 2.43. The molecule has 0 saturated carbocycles. The average molecular weight is 289 g/mol. The summed E-state index contributed by atoms with van der Waals surface area (Å²) in [7, 11) is 3.62. The molecule has 1 aromatic carbocycles. The Morgan fingerprint density at radius 1 is 1.29 bits per heavy atom. The number of hydrogen-bond acceptors (Lipinski definition) is 3. The zero-order valence-corrected chi connectivity index (χ0v) is 13.4. The molecule has 2 rings (SSSR count). The molecule has 1 N–H and O–H groups in total. The van der Waals surface area contributed by atoms with E-state index in [0.717, 1.165) is 11.3 Å². The fraction of sp³-hybridized carbons (Fsp3) is 0.500. The van der Waals surface area contributed by atoms with Crippen LogP contribution in [-0.4, -0.2) is 54.3 Å². The SMILES string of the molecule is CNc1ccc(C(=O)N2CCN(C)C(=O)C2(C)C)c(C)c1. The van der Waals surface area contributed by atoms with Gasteiger partial charge in [0.05, 0.1) is 0 Å². The minimum Gasteiger partial charge on any atom is -0.388 e. The van der Waals surface area contributed by atoms with Crippen molar-refractivity contribution in [3.8, 4) is 0 Å². The minimum absolute atomic E-state index is 0.0217. The number of hydrogen-bond donors (Lipinski definition) is 1. The van der Waals surface area contributed by atoms with Crippen LogP contribution in [-0.2, 0) is 4.79 Å². The van der Waals surface area contributed by atoms with Crippen molar-refractivity contribution in [1.82, 2.24) is 9.80 Å². The number of nitrogens with one attached hydrogen (secondary N) is 1. The Morgan fingerprint density at radius 3 is 2.52 bits per heavy atom. The Kier molecular flexibility index (Phi) is 3.94. The number of aryl methyl sites for hydroxylation is 1. The third kappa shape index (κ3) is 2.60. The van der Waals surface area contributed by atoms with E-state index in [0.29, 0.717) is 18.7 Å². The quantitative estimate of drug-likeness (QED) is 0.902. The highest BCUT2D eigenvalue weighted by atomic mass is 16.2. The van der Waals surface area contributed by atoms with Crippen molar-refractivity contribution in [1.29, 1.82) is 0 Å². The van der Waals surface area contributed by atoms with E-state index in [9.17, 15) is 9.59 Å². The predicted molar refractivity (Wildman–Crippen MR) is 83.5 cm³/mol. The minimum atomic E-state index is -0.807. The molecule has 0 unspecified atom stereocenters. The number of rotatable bonds is 2. The molecule has 0 aromatic heterocycles. The van der Waals surface area contributed by atoms with Crippen molar-refractivity contribution in [3.05, 3.63) is 29.3 Å². The molecular weight excluding hydrogens is 266 g/mol. The summed E-state index contributed by atoms with van der Waals surface area (Å²) in [5.41, 5.74) is 1.73. The van der Waals surface area contributed by atoms with Gasteiger partial charge in [-0.3, -0.25) is 9.59 Å². The van der Waals surface area contributed by atoms with Gasteiger partial charge in [-0.2, -0.15) is 0 Å². The zero-order chi connectivity index (χ0) is 15.8. The van der Waals surface area contributed by atoms with Gasteiger partial charge in [-0.25, -0.2) is 0 Å². The lowest BCUT2D eigenvalue weighted by Crippen LogP contribution is -2.63. The molecule has 5 heteroatoms. The normalized spacial score (nSPS) is 17.9. The third-order valence-corrected chi connectivity index (χ3v) is 4.19. The number of piperazine rings is 1. The molecule has 1 aliphatic rings. The Morgan fingerprint density at radius 2 is 1.95 bits per heavy atom. The van der Waals surface area contributed by atoms with E-state index in [4.69, 9.17) is 0 Å². The van der Waals surface area contributed by atoms with Gasteiger partial charge in [0.1, 0.15) is 5.54 Å². The molecule has 0 bridgehead atoms. The molecule has 2 amide bonds. The first-order valence-electron chi connectivity index (χ1n) is 7.15. The van der Waals surface area contributed by atoms with Crippen LogP contribution in [0.25, 0.3) is 0 Å². The number of carbonyl (C=O) groups excluding carboxylic acids is 2.